The summed E-state index contributed by atoms with van der Waals surface area (Å²) in [7, 11) is 0. The molecule has 0 fully saturated rings. The molecule has 1 aromatic heterocycles. The summed E-state index contributed by atoms with van der Waals surface area (Å²) in [6, 6.07) is 8.36. The Morgan fingerprint density at radius 1 is 1.40 bits per heavy atom. The Morgan fingerprint density at radius 3 is 2.80 bits per heavy atom. The van der Waals surface area contributed by atoms with E-state index in [1.54, 1.807) is 17.1 Å². The summed E-state index contributed by atoms with van der Waals surface area (Å²) >= 11 is 3.14. The van der Waals surface area contributed by atoms with Gasteiger partial charge in [0.1, 0.15) is 10.7 Å². The molecule has 2 aromatic rings. The van der Waals surface area contributed by atoms with Gasteiger partial charge in [0.05, 0.1) is 0 Å². The first kappa shape index (κ1) is 15.0. The minimum absolute atomic E-state index is 0.134. The van der Waals surface area contributed by atoms with E-state index in [0.29, 0.717) is 18.8 Å². The molecule has 0 aliphatic heterocycles. The molecule has 0 radical (unpaired) electrons. The highest BCUT2D eigenvalue weighted by Crippen LogP contribution is 2.17. The number of aryl methyl sites for hydroxylation is 1. The van der Waals surface area contributed by atoms with Gasteiger partial charge in [0.2, 0.25) is 0 Å². The Kier molecular flexibility index (Phi) is 5.58. The van der Waals surface area contributed by atoms with Crippen molar-refractivity contribution in [3.63, 3.8) is 0 Å². The molecular formula is C14H17N3OS2. The normalized spacial score (nSPS) is 10.5. The van der Waals surface area contributed by atoms with Crippen molar-refractivity contribution in [1.29, 1.82) is 0 Å². The lowest BCUT2D eigenvalue weighted by molar-refractivity contribution is 0.0951. The molecule has 1 aromatic carbocycles. The number of rotatable bonds is 6. The first-order valence-corrected chi connectivity index (χ1v) is 8.17. The fourth-order valence-electron chi connectivity index (χ4n) is 1.57. The second-order valence-corrected chi connectivity index (χ2v) is 6.36. The van der Waals surface area contributed by atoms with Gasteiger partial charge in [-0.25, -0.2) is 4.98 Å². The molecule has 0 bridgehead atoms. The fraction of sp³-hybridized carbons (Fsp3) is 0.286. The summed E-state index contributed by atoms with van der Waals surface area (Å²) < 4.78 is 0. The molecule has 0 saturated heterocycles. The number of carbonyl (C=O) groups is 1. The number of hydrogen-bond donors (Lipinski definition) is 2. The van der Waals surface area contributed by atoms with Gasteiger partial charge in [-0.1, -0.05) is 17.7 Å². The molecule has 0 unspecified atom stereocenters. The van der Waals surface area contributed by atoms with Crippen molar-refractivity contribution in [2.75, 3.05) is 12.3 Å². The molecule has 2 rings (SSSR count). The van der Waals surface area contributed by atoms with Crippen molar-refractivity contribution >= 4 is 29.0 Å². The van der Waals surface area contributed by atoms with Gasteiger partial charge >= 0.3 is 0 Å². The van der Waals surface area contributed by atoms with E-state index >= 15 is 0 Å². The molecule has 0 aliphatic carbocycles. The molecular weight excluding hydrogens is 290 g/mol. The Bertz CT molecular complexity index is 566. The minimum Gasteiger partial charge on any atom is -0.350 e. The van der Waals surface area contributed by atoms with Crippen molar-refractivity contribution in [1.82, 2.24) is 10.3 Å². The van der Waals surface area contributed by atoms with Crippen molar-refractivity contribution < 1.29 is 4.79 Å². The number of carbonyl (C=O) groups excluding carboxylic acids is 1. The maximum Gasteiger partial charge on any atom is 0.270 e. The predicted molar refractivity (Wildman–Crippen MR) is 84.2 cm³/mol. The third-order valence-electron chi connectivity index (χ3n) is 2.64. The maximum atomic E-state index is 11.8. The molecule has 1 amide bonds. The molecule has 0 atom stereocenters. The van der Waals surface area contributed by atoms with Crippen LogP contribution < -0.4 is 11.1 Å². The molecule has 1 heterocycles. The Hall–Kier alpha value is -1.37. The average Bonchev–Trinajstić information content (AvgIpc) is 2.94. The van der Waals surface area contributed by atoms with E-state index in [9.17, 15) is 4.79 Å². The summed E-state index contributed by atoms with van der Waals surface area (Å²) in [6.45, 7) is 3.06. The van der Waals surface area contributed by atoms with E-state index in [-0.39, 0.29) is 5.91 Å². The zero-order chi connectivity index (χ0) is 14.4. The van der Waals surface area contributed by atoms with Gasteiger partial charge in [-0.15, -0.1) is 23.1 Å². The van der Waals surface area contributed by atoms with Crippen LogP contribution in [0, 0.1) is 6.92 Å². The molecule has 106 valence electrons. The number of nitrogens with two attached hydrogens (primary N) is 1. The predicted octanol–water partition coefficient (Wildman–Crippen LogP) is 2.43. The molecule has 4 nitrogen and oxygen atoms in total. The number of nitrogens with zero attached hydrogens (tertiary/aromatic N) is 1. The van der Waals surface area contributed by atoms with E-state index in [1.165, 1.54) is 21.8 Å². The highest BCUT2D eigenvalue weighted by Gasteiger charge is 2.09. The standard InChI is InChI=1S/C14H17N3OS2/c1-10-2-4-11(5-3-10)19-7-6-16-14(18)12-9-20-13(8-15)17-12/h2-5,9H,6-8,15H2,1H3,(H,16,18). The zero-order valence-corrected chi connectivity index (χ0v) is 12.9. The minimum atomic E-state index is -0.134. The van der Waals surface area contributed by atoms with Crippen LogP contribution in [0.3, 0.4) is 0 Å². The van der Waals surface area contributed by atoms with E-state index in [2.05, 4.69) is 41.5 Å². The molecule has 20 heavy (non-hydrogen) atoms. The third kappa shape index (κ3) is 4.33. The monoisotopic (exact) mass is 307 g/mol. The second-order valence-electron chi connectivity index (χ2n) is 4.25. The molecule has 6 heteroatoms. The molecule has 0 spiro atoms. The smallest absolute Gasteiger partial charge is 0.270 e. The summed E-state index contributed by atoms with van der Waals surface area (Å²) in [5, 5.41) is 5.38. The Balaban J connectivity index is 1.72. The van der Waals surface area contributed by atoms with Crippen LogP contribution in [-0.4, -0.2) is 23.2 Å². The lowest BCUT2D eigenvalue weighted by Crippen LogP contribution is -2.26. The summed E-state index contributed by atoms with van der Waals surface area (Å²) in [6.07, 6.45) is 0. The molecule has 0 saturated carbocycles. The van der Waals surface area contributed by atoms with Gasteiger partial charge in [0.25, 0.3) is 5.91 Å². The first-order valence-electron chi connectivity index (χ1n) is 6.31. The van der Waals surface area contributed by atoms with E-state index in [1.807, 2.05) is 0 Å². The topological polar surface area (TPSA) is 68.0 Å². The van der Waals surface area contributed by atoms with Gasteiger partial charge in [-0.2, -0.15) is 0 Å². The van der Waals surface area contributed by atoms with Gasteiger partial charge in [0.15, 0.2) is 0 Å². The van der Waals surface area contributed by atoms with Gasteiger partial charge in [-0.05, 0) is 19.1 Å². The first-order chi connectivity index (χ1) is 9.69. The highest BCUT2D eigenvalue weighted by atomic mass is 32.2. The second kappa shape index (κ2) is 7.42. The number of amides is 1. The number of hydrogen-bond acceptors (Lipinski definition) is 5. The third-order valence-corrected chi connectivity index (χ3v) is 4.52. The fourth-order valence-corrected chi connectivity index (χ4v) is 2.99. The molecule has 0 aliphatic rings. The van der Waals surface area contributed by atoms with E-state index in [0.717, 1.165) is 10.8 Å². The lowest BCUT2D eigenvalue weighted by Gasteiger charge is -2.04. The Labute approximate surface area is 126 Å². The van der Waals surface area contributed by atoms with Gasteiger partial charge < -0.3 is 11.1 Å². The highest BCUT2D eigenvalue weighted by molar-refractivity contribution is 7.99. The number of thioether (sulfide) groups is 1. The van der Waals surface area contributed by atoms with Gasteiger partial charge in [0, 0.05) is 29.1 Å². The van der Waals surface area contributed by atoms with Crippen molar-refractivity contribution in [2.24, 2.45) is 5.73 Å². The summed E-state index contributed by atoms with van der Waals surface area (Å²) in [4.78, 5) is 17.2. The van der Waals surface area contributed by atoms with Crippen LogP contribution in [0.15, 0.2) is 34.5 Å². The van der Waals surface area contributed by atoms with Crippen molar-refractivity contribution in [2.45, 2.75) is 18.4 Å². The van der Waals surface area contributed by atoms with Crippen LogP contribution in [0.2, 0.25) is 0 Å². The van der Waals surface area contributed by atoms with Crippen molar-refractivity contribution in [3.05, 3.63) is 45.9 Å². The van der Waals surface area contributed by atoms with Crippen LogP contribution in [0.5, 0.6) is 0 Å². The average molecular weight is 307 g/mol. The number of thiazole rings is 1. The van der Waals surface area contributed by atoms with Crippen molar-refractivity contribution in [3.8, 4) is 0 Å². The summed E-state index contributed by atoms with van der Waals surface area (Å²) in [5.41, 5.74) is 7.18. The van der Waals surface area contributed by atoms with Crippen LogP contribution >= 0.6 is 23.1 Å². The van der Waals surface area contributed by atoms with E-state index < -0.39 is 0 Å². The number of nitrogens with one attached hydrogen (secondary N) is 1. The zero-order valence-electron chi connectivity index (χ0n) is 11.3. The number of benzene rings is 1. The van der Waals surface area contributed by atoms with Crippen LogP contribution in [0.4, 0.5) is 0 Å². The van der Waals surface area contributed by atoms with Crippen LogP contribution in [0.1, 0.15) is 21.1 Å². The Morgan fingerprint density at radius 2 is 2.15 bits per heavy atom. The number of aromatic nitrogens is 1. The van der Waals surface area contributed by atoms with E-state index in [4.69, 9.17) is 5.73 Å². The van der Waals surface area contributed by atoms with Gasteiger partial charge in [-0.3, -0.25) is 4.79 Å². The maximum absolute atomic E-state index is 11.8. The SMILES string of the molecule is Cc1ccc(SCCNC(=O)c2csc(CN)n2)cc1. The largest absolute Gasteiger partial charge is 0.350 e. The lowest BCUT2D eigenvalue weighted by atomic mass is 10.2. The molecule has 3 N–H and O–H groups in total. The summed E-state index contributed by atoms with van der Waals surface area (Å²) in [5.74, 6) is 0.702. The van der Waals surface area contributed by atoms with Crippen LogP contribution in [-0.2, 0) is 6.54 Å². The van der Waals surface area contributed by atoms with Crippen LogP contribution in [0.25, 0.3) is 0 Å². The quantitative estimate of drug-likeness (QED) is 0.635.